The van der Waals surface area contributed by atoms with Crippen LogP contribution in [0.3, 0.4) is 0 Å². The maximum atomic E-state index is 10.8. The Morgan fingerprint density at radius 2 is 2.50 bits per heavy atom. The van der Waals surface area contributed by atoms with Crippen molar-refractivity contribution in [3.63, 3.8) is 0 Å². The van der Waals surface area contributed by atoms with Crippen LogP contribution in [0.2, 0.25) is 0 Å². The fraction of sp³-hybridized carbons (Fsp3) is 0.800. The van der Waals surface area contributed by atoms with Crippen molar-refractivity contribution in [1.29, 1.82) is 0 Å². The van der Waals surface area contributed by atoms with Crippen LogP contribution < -0.4 is 0 Å². The van der Waals surface area contributed by atoms with Gasteiger partial charge < -0.3 is 0 Å². The molecule has 0 amide bonds. The van der Waals surface area contributed by atoms with Crippen molar-refractivity contribution in [2.24, 2.45) is 0 Å². The van der Waals surface area contributed by atoms with Crippen LogP contribution in [-0.2, 0) is 9.63 Å². The standard InChI is InChI=1S/C5H7NO2/c1-2-4(7)5-3-6(5)8-5/h2-3H2,1H3. The molecule has 0 spiro atoms. The van der Waals surface area contributed by atoms with Gasteiger partial charge in [-0.3, -0.25) is 9.63 Å². The first-order valence-corrected chi connectivity index (χ1v) is 2.79. The minimum absolute atomic E-state index is 0.220. The van der Waals surface area contributed by atoms with Gasteiger partial charge in [0.15, 0.2) is 5.78 Å². The van der Waals surface area contributed by atoms with E-state index in [0.717, 1.165) is 6.54 Å². The highest BCUT2D eigenvalue weighted by Gasteiger charge is 2.76. The highest BCUT2D eigenvalue weighted by Crippen LogP contribution is 2.52. The summed E-state index contributed by atoms with van der Waals surface area (Å²) in [7, 11) is 0. The molecule has 2 unspecified atom stereocenters. The van der Waals surface area contributed by atoms with Crippen molar-refractivity contribution in [2.45, 2.75) is 19.1 Å². The topological polar surface area (TPSA) is 32.6 Å². The molecular formula is C5H7NO2. The average Bonchev–Trinajstić information content (AvgIpc) is 2.45. The highest BCUT2D eigenvalue weighted by molar-refractivity contribution is 5.91. The molecule has 0 radical (unpaired) electrons. The fourth-order valence-electron chi connectivity index (χ4n) is 0.868. The lowest BCUT2D eigenvalue weighted by Crippen LogP contribution is -2.14. The van der Waals surface area contributed by atoms with E-state index in [2.05, 4.69) is 0 Å². The Bertz CT molecular complexity index is 149. The quantitative estimate of drug-likeness (QED) is 0.469. The van der Waals surface area contributed by atoms with E-state index in [1.54, 1.807) is 5.06 Å². The van der Waals surface area contributed by atoms with Gasteiger partial charge in [0, 0.05) is 6.42 Å². The van der Waals surface area contributed by atoms with Gasteiger partial charge in [0.05, 0.1) is 6.54 Å². The Morgan fingerprint density at radius 3 is 2.62 bits per heavy atom. The Kier molecular flexibility index (Phi) is 0.540. The summed E-state index contributed by atoms with van der Waals surface area (Å²) in [6.07, 6.45) is 0.594. The molecule has 0 aromatic carbocycles. The first-order valence-electron chi connectivity index (χ1n) is 2.79. The SMILES string of the molecule is CCC(=O)C12CN1O2. The number of fused-ring (bicyclic) bond motifs is 1. The second kappa shape index (κ2) is 0.967. The molecule has 8 heavy (non-hydrogen) atoms. The lowest BCUT2D eigenvalue weighted by Gasteiger charge is -1.89. The Morgan fingerprint density at radius 1 is 2.00 bits per heavy atom. The normalized spacial score (nSPS) is 47.9. The monoisotopic (exact) mass is 113 g/mol. The van der Waals surface area contributed by atoms with Gasteiger partial charge >= 0.3 is 0 Å². The molecule has 2 saturated heterocycles. The van der Waals surface area contributed by atoms with Crippen molar-refractivity contribution in [3.8, 4) is 0 Å². The first-order chi connectivity index (χ1) is 3.79. The molecule has 2 rings (SSSR count). The molecule has 0 N–H and O–H groups in total. The van der Waals surface area contributed by atoms with Crippen molar-refractivity contribution in [2.75, 3.05) is 6.54 Å². The second-order valence-electron chi connectivity index (χ2n) is 2.19. The molecule has 0 saturated carbocycles. The predicted molar refractivity (Wildman–Crippen MR) is 25.8 cm³/mol. The van der Waals surface area contributed by atoms with Crippen molar-refractivity contribution in [3.05, 3.63) is 0 Å². The minimum Gasteiger partial charge on any atom is -0.295 e. The van der Waals surface area contributed by atoms with Gasteiger partial charge in [-0.25, -0.2) is 0 Å². The lowest BCUT2D eigenvalue weighted by molar-refractivity contribution is -0.123. The number of carbonyl (C=O) groups is 1. The fourth-order valence-corrected chi connectivity index (χ4v) is 0.868. The number of hydrogen-bond acceptors (Lipinski definition) is 3. The molecule has 0 aromatic rings. The number of hydroxylamine groups is 2. The number of carbonyl (C=O) groups excluding carboxylic acids is 1. The average molecular weight is 113 g/mol. The third-order valence-electron chi connectivity index (χ3n) is 1.64. The maximum Gasteiger partial charge on any atom is 0.238 e. The van der Waals surface area contributed by atoms with Crippen molar-refractivity contribution in [1.82, 2.24) is 5.06 Å². The van der Waals surface area contributed by atoms with Crippen LogP contribution in [0.4, 0.5) is 0 Å². The summed E-state index contributed by atoms with van der Waals surface area (Å²) in [6.45, 7) is 2.69. The molecule has 0 aliphatic carbocycles. The molecule has 44 valence electrons. The van der Waals surface area contributed by atoms with Crippen molar-refractivity contribution >= 4 is 5.78 Å². The van der Waals surface area contributed by atoms with Crippen LogP contribution in [0.25, 0.3) is 0 Å². The van der Waals surface area contributed by atoms with Crippen molar-refractivity contribution < 1.29 is 9.63 Å². The molecule has 2 heterocycles. The molecule has 3 nitrogen and oxygen atoms in total. The summed E-state index contributed by atoms with van der Waals surface area (Å²) in [5.41, 5.74) is -0.380. The zero-order valence-electron chi connectivity index (χ0n) is 4.68. The van der Waals surface area contributed by atoms with Crippen LogP contribution in [0.15, 0.2) is 0 Å². The Hall–Kier alpha value is -0.410. The summed E-state index contributed by atoms with van der Waals surface area (Å²) in [4.78, 5) is 15.6. The van der Waals surface area contributed by atoms with Gasteiger partial charge in [-0.1, -0.05) is 6.92 Å². The summed E-state index contributed by atoms with van der Waals surface area (Å²) in [6, 6.07) is 0. The van der Waals surface area contributed by atoms with E-state index < -0.39 is 0 Å². The van der Waals surface area contributed by atoms with E-state index in [9.17, 15) is 4.79 Å². The predicted octanol–water partition coefficient (Wildman–Crippen LogP) is -0.0774. The maximum absolute atomic E-state index is 10.8. The molecule has 0 aromatic heterocycles. The van der Waals surface area contributed by atoms with Crippen LogP contribution in [0, 0.1) is 0 Å². The van der Waals surface area contributed by atoms with Crippen LogP contribution in [0.5, 0.6) is 0 Å². The molecular weight excluding hydrogens is 106 g/mol. The molecule has 2 fully saturated rings. The Balaban J connectivity index is 2.07. The first kappa shape index (κ1) is 4.47. The lowest BCUT2D eigenvalue weighted by atomic mass is 10.2. The third kappa shape index (κ3) is 0.307. The van der Waals surface area contributed by atoms with Crippen LogP contribution in [0.1, 0.15) is 13.3 Å². The highest BCUT2D eigenvalue weighted by atomic mass is 16.9. The smallest absolute Gasteiger partial charge is 0.238 e. The summed E-state index contributed by atoms with van der Waals surface area (Å²) < 4.78 is 0. The largest absolute Gasteiger partial charge is 0.295 e. The van der Waals surface area contributed by atoms with E-state index in [4.69, 9.17) is 4.84 Å². The molecule has 2 aliphatic heterocycles. The Labute approximate surface area is 47.2 Å². The number of Topliss-reactive ketones (excluding diaryl/α,β-unsaturated/α-hetero) is 1. The minimum atomic E-state index is -0.380. The number of hydrogen-bond donors (Lipinski definition) is 0. The number of ketones is 1. The molecule has 0 bridgehead atoms. The van der Waals surface area contributed by atoms with E-state index in [-0.39, 0.29) is 11.5 Å². The third-order valence-corrected chi connectivity index (χ3v) is 1.64. The zero-order chi connectivity index (χ0) is 5.78. The van der Waals surface area contributed by atoms with Crippen LogP contribution >= 0.6 is 0 Å². The van der Waals surface area contributed by atoms with Gasteiger partial charge in [-0.2, -0.15) is 0 Å². The van der Waals surface area contributed by atoms with E-state index in [1.165, 1.54) is 0 Å². The zero-order valence-corrected chi connectivity index (χ0v) is 4.68. The number of rotatable bonds is 2. The van der Waals surface area contributed by atoms with E-state index in [1.807, 2.05) is 6.92 Å². The van der Waals surface area contributed by atoms with Gasteiger partial charge in [0.25, 0.3) is 0 Å². The van der Waals surface area contributed by atoms with Gasteiger partial charge in [-0.15, -0.1) is 5.06 Å². The summed E-state index contributed by atoms with van der Waals surface area (Å²) in [5, 5.41) is 1.69. The summed E-state index contributed by atoms with van der Waals surface area (Å²) >= 11 is 0. The van der Waals surface area contributed by atoms with Crippen LogP contribution in [-0.4, -0.2) is 23.1 Å². The number of nitrogens with zero attached hydrogens (tertiary/aromatic N) is 1. The second-order valence-corrected chi connectivity index (χ2v) is 2.19. The summed E-state index contributed by atoms with van der Waals surface area (Å²) in [5.74, 6) is 0.220. The molecule has 2 atom stereocenters. The van der Waals surface area contributed by atoms with Gasteiger partial charge in [-0.05, 0) is 0 Å². The van der Waals surface area contributed by atoms with E-state index in [0.29, 0.717) is 6.42 Å². The van der Waals surface area contributed by atoms with Gasteiger partial charge in [0.1, 0.15) is 0 Å². The van der Waals surface area contributed by atoms with Gasteiger partial charge in [0.2, 0.25) is 5.72 Å². The molecule has 3 heteroatoms. The van der Waals surface area contributed by atoms with E-state index >= 15 is 0 Å². The molecule has 2 aliphatic rings.